The Bertz CT molecular complexity index is 451. The van der Waals surface area contributed by atoms with Crippen molar-refractivity contribution in [3.05, 3.63) is 12.1 Å². The van der Waals surface area contributed by atoms with Gasteiger partial charge in [-0.1, -0.05) is 0 Å². The van der Waals surface area contributed by atoms with Crippen molar-refractivity contribution in [1.82, 2.24) is 9.88 Å². The summed E-state index contributed by atoms with van der Waals surface area (Å²) in [6.45, 7) is 4.51. The van der Waals surface area contributed by atoms with Gasteiger partial charge in [0.05, 0.1) is 12.8 Å². The van der Waals surface area contributed by atoms with E-state index in [1.165, 1.54) is 32.4 Å². The predicted molar refractivity (Wildman–Crippen MR) is 76.6 cm³/mol. The van der Waals surface area contributed by atoms with Gasteiger partial charge in [0.15, 0.2) is 5.82 Å². The highest BCUT2D eigenvalue weighted by atomic mass is 16.5. The summed E-state index contributed by atoms with van der Waals surface area (Å²) in [5, 5.41) is 0. The Kier molecular flexibility index (Phi) is 3.46. The molecule has 0 amide bonds. The maximum absolute atomic E-state index is 6.09. The summed E-state index contributed by atoms with van der Waals surface area (Å²) in [6, 6.07) is 4.37. The molecule has 5 heteroatoms. The molecule has 104 valence electrons. The molecule has 0 spiro atoms. The zero-order chi connectivity index (χ0) is 13.2. The van der Waals surface area contributed by atoms with Gasteiger partial charge in [0, 0.05) is 31.7 Å². The van der Waals surface area contributed by atoms with Crippen LogP contribution in [0.5, 0.6) is 5.88 Å². The molecule has 0 aromatic carbocycles. The van der Waals surface area contributed by atoms with Gasteiger partial charge in [0.25, 0.3) is 0 Å². The van der Waals surface area contributed by atoms with Crippen LogP contribution in [0.2, 0.25) is 0 Å². The van der Waals surface area contributed by atoms with Crippen LogP contribution in [0.1, 0.15) is 19.3 Å². The van der Waals surface area contributed by atoms with Crippen LogP contribution in [0.15, 0.2) is 12.1 Å². The van der Waals surface area contributed by atoms with E-state index >= 15 is 0 Å². The van der Waals surface area contributed by atoms with E-state index in [4.69, 9.17) is 10.5 Å². The summed E-state index contributed by atoms with van der Waals surface area (Å²) in [6.07, 6.45) is 3.79. The first-order valence-corrected chi connectivity index (χ1v) is 7.07. The first-order chi connectivity index (χ1) is 9.28. The number of fused-ring (bicyclic) bond motifs is 1. The van der Waals surface area contributed by atoms with Gasteiger partial charge >= 0.3 is 0 Å². The average Bonchev–Trinajstić information content (AvgIpc) is 2.77. The molecule has 0 aliphatic carbocycles. The van der Waals surface area contributed by atoms with Crippen molar-refractivity contribution in [2.45, 2.75) is 25.3 Å². The molecule has 19 heavy (non-hydrogen) atoms. The summed E-state index contributed by atoms with van der Waals surface area (Å²) in [5.74, 6) is 1.52. The number of hydrogen-bond acceptors (Lipinski definition) is 5. The number of aromatic nitrogens is 1. The lowest BCUT2D eigenvalue weighted by molar-refractivity contribution is 0.273. The van der Waals surface area contributed by atoms with Crippen LogP contribution >= 0.6 is 0 Å². The lowest BCUT2D eigenvalue weighted by Gasteiger charge is -2.27. The Hall–Kier alpha value is -1.49. The first kappa shape index (κ1) is 12.5. The van der Waals surface area contributed by atoms with Crippen molar-refractivity contribution in [2.75, 3.05) is 43.9 Å². The SMILES string of the molecule is COc1ccc(N)c(N2CCCN3CCCC3C2)n1. The van der Waals surface area contributed by atoms with Gasteiger partial charge in [-0.3, -0.25) is 4.90 Å². The quantitative estimate of drug-likeness (QED) is 0.872. The molecular formula is C14H22N4O. The molecule has 2 saturated heterocycles. The molecule has 0 saturated carbocycles. The molecular weight excluding hydrogens is 240 g/mol. The normalized spacial score (nSPS) is 24.1. The third kappa shape index (κ3) is 2.47. The molecule has 3 heterocycles. The van der Waals surface area contributed by atoms with Crippen molar-refractivity contribution < 1.29 is 4.74 Å². The Morgan fingerprint density at radius 1 is 1.26 bits per heavy atom. The van der Waals surface area contributed by atoms with Crippen molar-refractivity contribution in [3.8, 4) is 5.88 Å². The molecule has 1 unspecified atom stereocenters. The second-order valence-electron chi connectivity index (χ2n) is 5.40. The topological polar surface area (TPSA) is 54.6 Å². The first-order valence-electron chi connectivity index (χ1n) is 7.07. The molecule has 2 N–H and O–H groups in total. The van der Waals surface area contributed by atoms with Crippen LogP contribution in [-0.4, -0.2) is 49.2 Å². The highest BCUT2D eigenvalue weighted by Crippen LogP contribution is 2.28. The summed E-state index contributed by atoms with van der Waals surface area (Å²) < 4.78 is 5.21. The summed E-state index contributed by atoms with van der Waals surface area (Å²) >= 11 is 0. The number of rotatable bonds is 2. The van der Waals surface area contributed by atoms with Crippen molar-refractivity contribution >= 4 is 11.5 Å². The number of pyridine rings is 1. The van der Waals surface area contributed by atoms with E-state index in [1.54, 1.807) is 7.11 Å². The van der Waals surface area contributed by atoms with E-state index in [0.29, 0.717) is 11.9 Å². The molecule has 0 bridgehead atoms. The smallest absolute Gasteiger partial charge is 0.215 e. The Labute approximate surface area is 114 Å². The van der Waals surface area contributed by atoms with E-state index in [1.807, 2.05) is 12.1 Å². The van der Waals surface area contributed by atoms with Crippen LogP contribution in [-0.2, 0) is 0 Å². The third-order valence-electron chi connectivity index (χ3n) is 4.19. The molecule has 1 atom stereocenters. The van der Waals surface area contributed by atoms with Gasteiger partial charge in [0.1, 0.15) is 0 Å². The van der Waals surface area contributed by atoms with Gasteiger partial charge in [-0.15, -0.1) is 0 Å². The molecule has 0 radical (unpaired) electrons. The van der Waals surface area contributed by atoms with Gasteiger partial charge in [-0.05, 0) is 31.9 Å². The largest absolute Gasteiger partial charge is 0.481 e. The van der Waals surface area contributed by atoms with Crippen LogP contribution in [0.4, 0.5) is 11.5 Å². The fourth-order valence-corrected chi connectivity index (χ4v) is 3.21. The lowest BCUT2D eigenvalue weighted by Crippen LogP contribution is -2.37. The van der Waals surface area contributed by atoms with Crippen LogP contribution in [0.25, 0.3) is 0 Å². The van der Waals surface area contributed by atoms with Crippen LogP contribution < -0.4 is 15.4 Å². The summed E-state index contributed by atoms with van der Waals surface area (Å²) in [7, 11) is 1.64. The predicted octanol–water partition coefficient (Wildman–Crippen LogP) is 1.35. The summed E-state index contributed by atoms with van der Waals surface area (Å²) in [4.78, 5) is 9.47. The highest BCUT2D eigenvalue weighted by molar-refractivity contribution is 5.63. The lowest BCUT2D eigenvalue weighted by atomic mass is 10.2. The molecule has 2 fully saturated rings. The number of hydrogen-bond donors (Lipinski definition) is 1. The second-order valence-corrected chi connectivity index (χ2v) is 5.40. The monoisotopic (exact) mass is 262 g/mol. The standard InChI is InChI=1S/C14H22N4O/c1-19-13-6-5-12(15)14(16-13)18-9-3-8-17-7-2-4-11(17)10-18/h5-6,11H,2-4,7-10,15H2,1H3. The van der Waals surface area contributed by atoms with E-state index in [2.05, 4.69) is 14.8 Å². The minimum absolute atomic E-state index is 0.636. The van der Waals surface area contributed by atoms with Gasteiger partial charge in [0.2, 0.25) is 5.88 Å². The average molecular weight is 262 g/mol. The van der Waals surface area contributed by atoms with E-state index in [-0.39, 0.29) is 0 Å². The third-order valence-corrected chi connectivity index (χ3v) is 4.19. The van der Waals surface area contributed by atoms with Crippen molar-refractivity contribution in [1.29, 1.82) is 0 Å². The zero-order valence-corrected chi connectivity index (χ0v) is 11.5. The number of nitrogen functional groups attached to an aromatic ring is 1. The molecule has 2 aliphatic heterocycles. The van der Waals surface area contributed by atoms with E-state index in [0.717, 1.165) is 24.6 Å². The van der Waals surface area contributed by atoms with Crippen LogP contribution in [0, 0.1) is 0 Å². The van der Waals surface area contributed by atoms with Gasteiger partial charge in [-0.25, -0.2) is 0 Å². The molecule has 1 aromatic heterocycles. The number of nitrogens with two attached hydrogens (primary N) is 1. The highest BCUT2D eigenvalue weighted by Gasteiger charge is 2.29. The van der Waals surface area contributed by atoms with E-state index in [9.17, 15) is 0 Å². The fraction of sp³-hybridized carbons (Fsp3) is 0.643. The molecule has 3 rings (SSSR count). The minimum atomic E-state index is 0.636. The number of ether oxygens (including phenoxy) is 1. The van der Waals surface area contributed by atoms with Crippen LogP contribution in [0.3, 0.4) is 0 Å². The maximum atomic E-state index is 6.09. The fourth-order valence-electron chi connectivity index (χ4n) is 3.21. The second kappa shape index (κ2) is 5.25. The zero-order valence-electron chi connectivity index (χ0n) is 11.5. The number of anilines is 2. The van der Waals surface area contributed by atoms with Crippen molar-refractivity contribution in [3.63, 3.8) is 0 Å². The minimum Gasteiger partial charge on any atom is -0.481 e. The Morgan fingerprint density at radius 3 is 2.95 bits per heavy atom. The van der Waals surface area contributed by atoms with Crippen molar-refractivity contribution in [2.24, 2.45) is 0 Å². The Morgan fingerprint density at radius 2 is 2.11 bits per heavy atom. The molecule has 2 aliphatic rings. The van der Waals surface area contributed by atoms with Gasteiger partial charge in [-0.2, -0.15) is 4.98 Å². The van der Waals surface area contributed by atoms with Gasteiger partial charge < -0.3 is 15.4 Å². The Balaban J connectivity index is 1.84. The molecule has 5 nitrogen and oxygen atoms in total. The summed E-state index contributed by atoms with van der Waals surface area (Å²) in [5.41, 5.74) is 6.83. The maximum Gasteiger partial charge on any atom is 0.215 e. The molecule has 1 aromatic rings. The number of methoxy groups -OCH3 is 1. The van der Waals surface area contributed by atoms with E-state index < -0.39 is 0 Å². The number of nitrogens with zero attached hydrogens (tertiary/aromatic N) is 3.